The lowest BCUT2D eigenvalue weighted by molar-refractivity contribution is 0.165. The summed E-state index contributed by atoms with van der Waals surface area (Å²) in [6, 6.07) is 13.3. The Morgan fingerprint density at radius 1 is 1.04 bits per heavy atom. The van der Waals surface area contributed by atoms with Crippen molar-refractivity contribution < 1.29 is 14.2 Å². The second-order valence-electron chi connectivity index (χ2n) is 7.25. The molecule has 5 heteroatoms. The van der Waals surface area contributed by atoms with Crippen LogP contribution in [0.15, 0.2) is 36.4 Å². The van der Waals surface area contributed by atoms with Crippen molar-refractivity contribution in [3.63, 3.8) is 0 Å². The second kappa shape index (κ2) is 9.11. The molecular weight excluding hydrogens is 340 g/mol. The van der Waals surface area contributed by atoms with Gasteiger partial charge in [-0.2, -0.15) is 0 Å². The predicted octanol–water partition coefficient (Wildman–Crippen LogP) is 3.60. The lowest BCUT2D eigenvalue weighted by atomic mass is 10.1. The number of benzene rings is 2. The molecule has 0 aromatic heterocycles. The molecular formula is C22H30N2O3. The molecule has 0 fully saturated rings. The number of ether oxygens (including phenoxy) is 3. The molecule has 0 radical (unpaired) electrons. The van der Waals surface area contributed by atoms with E-state index in [4.69, 9.17) is 14.2 Å². The maximum absolute atomic E-state index is 5.71. The third-order valence-corrected chi connectivity index (χ3v) is 4.85. The van der Waals surface area contributed by atoms with E-state index in [0.717, 1.165) is 36.7 Å². The van der Waals surface area contributed by atoms with Gasteiger partial charge in [0.1, 0.15) is 13.2 Å². The zero-order chi connectivity index (χ0) is 19.2. The molecule has 0 saturated heterocycles. The lowest BCUT2D eigenvalue weighted by Crippen LogP contribution is -2.25. The molecule has 146 valence electrons. The highest BCUT2D eigenvalue weighted by Crippen LogP contribution is 2.40. The maximum Gasteiger partial charge on any atom is 0.203 e. The first-order valence-electron chi connectivity index (χ1n) is 9.52. The highest BCUT2D eigenvalue weighted by atomic mass is 16.6. The van der Waals surface area contributed by atoms with Gasteiger partial charge in [-0.25, -0.2) is 0 Å². The molecule has 2 aromatic carbocycles. The summed E-state index contributed by atoms with van der Waals surface area (Å²) in [4.78, 5) is 2.34. The molecule has 1 heterocycles. The first-order chi connectivity index (χ1) is 13.1. The second-order valence-corrected chi connectivity index (χ2v) is 7.25. The van der Waals surface area contributed by atoms with E-state index < -0.39 is 0 Å². The van der Waals surface area contributed by atoms with E-state index in [9.17, 15) is 0 Å². The first kappa shape index (κ1) is 19.5. The summed E-state index contributed by atoms with van der Waals surface area (Å²) in [7, 11) is 3.81. The van der Waals surface area contributed by atoms with Crippen molar-refractivity contribution in [1.82, 2.24) is 10.2 Å². The molecule has 5 nitrogen and oxygen atoms in total. The third kappa shape index (κ3) is 5.15. The molecule has 0 unspecified atom stereocenters. The smallest absolute Gasteiger partial charge is 0.203 e. The Bertz CT molecular complexity index is 744. The standard InChI is InChI=1S/C22H30N2O3/c1-16(2)24(3)15-18-7-5-6-17(10-18)13-23-14-19-11-20(25-4)22-21(12-19)26-8-9-27-22/h5-7,10-12,16,23H,8-9,13-15H2,1-4H3. The van der Waals surface area contributed by atoms with E-state index in [2.05, 4.69) is 55.4 Å². The fourth-order valence-corrected chi connectivity index (χ4v) is 3.09. The van der Waals surface area contributed by atoms with E-state index in [-0.39, 0.29) is 0 Å². The lowest BCUT2D eigenvalue weighted by Gasteiger charge is -2.22. The van der Waals surface area contributed by atoms with Crippen molar-refractivity contribution in [2.24, 2.45) is 0 Å². The summed E-state index contributed by atoms with van der Waals surface area (Å²) in [6.07, 6.45) is 0. The Balaban J connectivity index is 1.60. The molecule has 0 aliphatic carbocycles. The number of methoxy groups -OCH3 is 1. The third-order valence-electron chi connectivity index (χ3n) is 4.85. The van der Waals surface area contributed by atoms with Crippen LogP contribution in [-0.2, 0) is 19.6 Å². The Morgan fingerprint density at radius 2 is 1.78 bits per heavy atom. The van der Waals surface area contributed by atoms with E-state index in [1.807, 2.05) is 12.1 Å². The summed E-state index contributed by atoms with van der Waals surface area (Å²) >= 11 is 0. The average molecular weight is 370 g/mol. The van der Waals surface area contributed by atoms with Crippen molar-refractivity contribution in [3.8, 4) is 17.2 Å². The molecule has 0 spiro atoms. The van der Waals surface area contributed by atoms with Crippen molar-refractivity contribution in [2.45, 2.75) is 39.5 Å². The number of rotatable bonds is 8. The minimum atomic E-state index is 0.539. The zero-order valence-electron chi connectivity index (χ0n) is 16.7. The van der Waals surface area contributed by atoms with E-state index in [1.165, 1.54) is 11.1 Å². The van der Waals surface area contributed by atoms with Crippen LogP contribution in [0.5, 0.6) is 17.2 Å². The summed E-state index contributed by atoms with van der Waals surface area (Å²) in [5.74, 6) is 2.19. The summed E-state index contributed by atoms with van der Waals surface area (Å²) in [5.41, 5.74) is 3.74. The fourth-order valence-electron chi connectivity index (χ4n) is 3.09. The zero-order valence-corrected chi connectivity index (χ0v) is 16.7. The van der Waals surface area contributed by atoms with Crippen LogP contribution in [0.4, 0.5) is 0 Å². The molecule has 1 aliphatic heterocycles. The van der Waals surface area contributed by atoms with Gasteiger partial charge in [0, 0.05) is 25.7 Å². The van der Waals surface area contributed by atoms with Gasteiger partial charge in [-0.15, -0.1) is 0 Å². The minimum Gasteiger partial charge on any atom is -0.493 e. The number of hydrogen-bond donors (Lipinski definition) is 1. The van der Waals surface area contributed by atoms with Gasteiger partial charge in [0.05, 0.1) is 7.11 Å². The number of hydrogen-bond acceptors (Lipinski definition) is 5. The van der Waals surface area contributed by atoms with Gasteiger partial charge in [0.25, 0.3) is 0 Å². The average Bonchev–Trinajstić information content (AvgIpc) is 2.67. The highest BCUT2D eigenvalue weighted by molar-refractivity contribution is 5.54. The van der Waals surface area contributed by atoms with Gasteiger partial charge in [0.15, 0.2) is 11.5 Å². The molecule has 27 heavy (non-hydrogen) atoms. The largest absolute Gasteiger partial charge is 0.493 e. The Labute approximate surface area is 162 Å². The normalized spacial score (nSPS) is 13.3. The number of nitrogens with zero attached hydrogens (tertiary/aromatic N) is 1. The van der Waals surface area contributed by atoms with Gasteiger partial charge in [-0.3, -0.25) is 4.90 Å². The van der Waals surface area contributed by atoms with Gasteiger partial charge in [-0.05, 0) is 49.7 Å². The van der Waals surface area contributed by atoms with Crippen LogP contribution in [0.2, 0.25) is 0 Å². The molecule has 3 rings (SSSR count). The minimum absolute atomic E-state index is 0.539. The van der Waals surface area contributed by atoms with Gasteiger partial charge < -0.3 is 19.5 Å². The van der Waals surface area contributed by atoms with Crippen LogP contribution in [-0.4, -0.2) is 38.3 Å². The van der Waals surface area contributed by atoms with Crippen LogP contribution in [0, 0.1) is 0 Å². The molecule has 1 N–H and O–H groups in total. The highest BCUT2D eigenvalue weighted by Gasteiger charge is 2.18. The fraction of sp³-hybridized carbons (Fsp3) is 0.455. The Morgan fingerprint density at radius 3 is 2.56 bits per heavy atom. The van der Waals surface area contributed by atoms with Gasteiger partial charge in [-0.1, -0.05) is 24.3 Å². The first-order valence-corrected chi connectivity index (χ1v) is 9.52. The summed E-state index contributed by atoms with van der Waals surface area (Å²) in [6.45, 7) is 8.08. The van der Waals surface area contributed by atoms with Gasteiger partial charge in [0.2, 0.25) is 5.75 Å². The predicted molar refractivity (Wildman–Crippen MR) is 108 cm³/mol. The number of nitrogens with one attached hydrogen (secondary N) is 1. The van der Waals surface area contributed by atoms with Crippen LogP contribution in [0.3, 0.4) is 0 Å². The molecule has 2 aromatic rings. The quantitative estimate of drug-likeness (QED) is 0.769. The maximum atomic E-state index is 5.71. The van der Waals surface area contributed by atoms with E-state index in [1.54, 1.807) is 7.11 Å². The SMILES string of the molecule is COc1cc(CNCc2cccc(CN(C)C(C)C)c2)cc2c1OCCO2. The van der Waals surface area contributed by atoms with Crippen LogP contribution < -0.4 is 19.5 Å². The molecule has 0 bridgehead atoms. The van der Waals surface area contributed by atoms with E-state index >= 15 is 0 Å². The van der Waals surface area contributed by atoms with Crippen LogP contribution in [0.1, 0.15) is 30.5 Å². The van der Waals surface area contributed by atoms with Crippen LogP contribution >= 0.6 is 0 Å². The Kier molecular flexibility index (Phi) is 6.58. The van der Waals surface area contributed by atoms with E-state index in [0.29, 0.717) is 25.0 Å². The summed E-state index contributed by atoms with van der Waals surface area (Å²) < 4.78 is 16.8. The molecule has 0 saturated carbocycles. The van der Waals surface area contributed by atoms with Crippen LogP contribution in [0.25, 0.3) is 0 Å². The molecule has 0 amide bonds. The van der Waals surface area contributed by atoms with Crippen molar-refractivity contribution in [2.75, 3.05) is 27.4 Å². The number of fused-ring (bicyclic) bond motifs is 1. The molecule has 1 aliphatic rings. The van der Waals surface area contributed by atoms with Crippen molar-refractivity contribution in [1.29, 1.82) is 0 Å². The monoisotopic (exact) mass is 370 g/mol. The Hall–Kier alpha value is -2.24. The topological polar surface area (TPSA) is 43.0 Å². The van der Waals surface area contributed by atoms with Crippen molar-refractivity contribution in [3.05, 3.63) is 53.1 Å². The molecule has 0 atom stereocenters. The summed E-state index contributed by atoms with van der Waals surface area (Å²) in [5, 5.41) is 3.51. The van der Waals surface area contributed by atoms with Crippen molar-refractivity contribution >= 4 is 0 Å². The van der Waals surface area contributed by atoms with Gasteiger partial charge >= 0.3 is 0 Å².